The monoisotopic (exact) mass is 972 g/mol. The summed E-state index contributed by atoms with van der Waals surface area (Å²) >= 11 is 0. The van der Waals surface area contributed by atoms with Crippen molar-refractivity contribution in [3.63, 3.8) is 0 Å². The number of Topliss-reactive ketones (excluding diaryl/α,β-unsaturated/α-hetero) is 3. The predicted molar refractivity (Wildman–Crippen MR) is 263 cm³/mol. The van der Waals surface area contributed by atoms with E-state index < -0.39 is 86.1 Å². The molecular weight excluding hydrogens is 887 g/mol. The Hall–Kier alpha value is -3.15. The van der Waals surface area contributed by atoms with Crippen molar-refractivity contribution in [1.29, 1.82) is 0 Å². The van der Waals surface area contributed by atoms with Crippen molar-refractivity contribution in [2.45, 2.75) is 193 Å². The van der Waals surface area contributed by atoms with Gasteiger partial charge in [-0.1, -0.05) is 71.1 Å². The zero-order valence-corrected chi connectivity index (χ0v) is 44.4. The number of hydrogen-bond donors (Lipinski definition) is 2. The molecule has 3 fully saturated rings. The minimum absolute atomic E-state index is 0.0122. The van der Waals surface area contributed by atoms with E-state index in [0.717, 1.165) is 24.8 Å². The second kappa shape index (κ2) is 25.8. The number of allylic oxidation sites excluding steroid dienone is 6. The molecule has 0 aromatic rings. The fourth-order valence-corrected chi connectivity index (χ4v) is 11.7. The summed E-state index contributed by atoms with van der Waals surface area (Å²) < 4.78 is 36.3. The fourth-order valence-electron chi connectivity index (χ4n) is 10.5. The second-order valence-corrected chi connectivity index (χ2v) is 25.9. The molecule has 1 aliphatic carbocycles. The lowest BCUT2D eigenvalue weighted by molar-refractivity contribution is -0.265. The minimum atomic E-state index is -2.42. The van der Waals surface area contributed by atoms with Crippen molar-refractivity contribution in [2.75, 3.05) is 27.9 Å². The van der Waals surface area contributed by atoms with Gasteiger partial charge in [0.2, 0.25) is 5.79 Å². The molecule has 2 saturated heterocycles. The van der Waals surface area contributed by atoms with Crippen LogP contribution in [0.1, 0.15) is 119 Å². The summed E-state index contributed by atoms with van der Waals surface area (Å²) in [6.07, 6.45) is 12.1. The number of methoxy groups -OCH3 is 3. The maximum atomic E-state index is 14.4. The maximum absolute atomic E-state index is 14.4. The van der Waals surface area contributed by atoms with E-state index in [9.17, 15) is 34.2 Å². The number of nitrogens with zero attached hydrogens (tertiary/aromatic N) is 1. The number of carbonyl (C=O) groups excluding carboxylic acids is 5. The molecule has 0 unspecified atom stereocenters. The van der Waals surface area contributed by atoms with Crippen LogP contribution in [0.4, 0.5) is 0 Å². The van der Waals surface area contributed by atoms with Crippen LogP contribution in [0.25, 0.3) is 0 Å². The Balaban J connectivity index is 1.68. The zero-order valence-electron chi connectivity index (χ0n) is 43.4. The molecule has 3 aliphatic heterocycles. The highest BCUT2D eigenvalue weighted by atomic mass is 28.4. The third-order valence-electron chi connectivity index (χ3n) is 14.7. The standard InChI is InChI=1S/C53H85NO13Si/c1-32-18-15-14-16-19-33(2)44(62-8)30-40-23-21-38(7)53(61,66-40)50(58)51(59)54-25-17-20-41(54)52(60)65-45(35(4)28-39-22-24-43(46(29-39)63-9)67-68(11,12)13)31-42(55)34(3)27-37(6)48(57)49(64-10)47(56)36(5)26-32/h14-16,18-19,27,32,34-36,38-41,43-46,48-49,57,61H,17,20-26,28-31H2,1-13H3/b16-14+,18-15+,33-19+,37-27+/t32-,34-,35+,36-,38-,39+,40+,41+,43-,44+,45+,46-,48-,49+,53-/m1/s1. The van der Waals surface area contributed by atoms with E-state index in [0.29, 0.717) is 44.1 Å². The topological polar surface area (TPSA) is 184 Å². The van der Waals surface area contributed by atoms with Crippen molar-refractivity contribution >= 4 is 37.5 Å². The van der Waals surface area contributed by atoms with Gasteiger partial charge in [0.1, 0.15) is 30.1 Å². The Kier molecular flexibility index (Phi) is 21.8. The Bertz CT molecular complexity index is 1860. The molecule has 4 rings (SSSR count). The quantitative estimate of drug-likeness (QED) is 0.105. The number of rotatable bonds is 8. The number of amides is 1. The van der Waals surface area contributed by atoms with E-state index >= 15 is 0 Å². The Labute approximate surface area is 407 Å². The number of esters is 1. The average Bonchev–Trinajstić information content (AvgIpc) is 3.78. The second-order valence-electron chi connectivity index (χ2n) is 21.4. The average molecular weight is 972 g/mol. The van der Waals surface area contributed by atoms with Crippen LogP contribution in [0.5, 0.6) is 0 Å². The first kappa shape index (κ1) is 57.4. The number of aliphatic hydroxyl groups excluding tert-OH is 1. The predicted octanol–water partition coefficient (Wildman–Crippen LogP) is 7.65. The first-order valence-electron chi connectivity index (χ1n) is 25.1. The number of hydrogen-bond acceptors (Lipinski definition) is 13. The molecule has 3 heterocycles. The summed E-state index contributed by atoms with van der Waals surface area (Å²) in [5.41, 5.74) is 1.29. The third-order valence-corrected chi connectivity index (χ3v) is 15.7. The van der Waals surface area contributed by atoms with Gasteiger partial charge in [0, 0.05) is 58.5 Å². The third kappa shape index (κ3) is 15.4. The lowest BCUT2D eigenvalue weighted by Crippen LogP contribution is -2.59. The van der Waals surface area contributed by atoms with E-state index in [1.165, 1.54) is 12.0 Å². The molecule has 0 aromatic heterocycles. The molecule has 1 amide bonds. The molecule has 384 valence electrons. The highest BCUT2D eigenvalue weighted by Crippen LogP contribution is 2.38. The zero-order chi connectivity index (χ0) is 50.7. The van der Waals surface area contributed by atoms with Gasteiger partial charge < -0.3 is 43.2 Å². The smallest absolute Gasteiger partial charge is 0.329 e. The van der Waals surface area contributed by atoms with Crippen molar-refractivity contribution in [2.24, 2.45) is 35.5 Å². The lowest BCUT2D eigenvalue weighted by Gasteiger charge is -2.41. The summed E-state index contributed by atoms with van der Waals surface area (Å²) in [5, 5.41) is 23.4. The number of cyclic esters (lactones) is 1. The number of ether oxygens (including phenoxy) is 5. The van der Waals surface area contributed by atoms with E-state index in [1.807, 2.05) is 58.1 Å². The van der Waals surface area contributed by atoms with E-state index in [4.69, 9.17) is 28.1 Å². The SMILES string of the molecule is CO[C@H]1C[C@@H]2CC[C@@H](C)[C@@](O)(O2)C(=O)C(=O)N2CCC[C@H]2C(=O)O[C@H]([C@@H](C)C[C@@H]2CC[C@@H](O[Si](C)(C)C)[C@H](OC)C2)CC(=O)[C@H](C)/C=C(\C)[C@@H](O)[C@@H](OC)C(=O)[C@H](C)C[C@H](C)/C=C/C=C/C=C/1C. The van der Waals surface area contributed by atoms with Crippen LogP contribution in [0.2, 0.25) is 19.6 Å². The van der Waals surface area contributed by atoms with Crippen LogP contribution >= 0.6 is 0 Å². The lowest BCUT2D eigenvalue weighted by atomic mass is 9.78. The van der Waals surface area contributed by atoms with Gasteiger partial charge in [-0.3, -0.25) is 19.2 Å². The summed E-state index contributed by atoms with van der Waals surface area (Å²) in [6.45, 7) is 19.3. The normalized spacial score (nSPS) is 39.2. The minimum Gasteiger partial charge on any atom is -0.460 e. The number of carbonyl (C=O) groups is 5. The van der Waals surface area contributed by atoms with Gasteiger partial charge in [0.05, 0.1) is 24.4 Å². The van der Waals surface area contributed by atoms with Gasteiger partial charge in [-0.15, -0.1) is 0 Å². The first-order valence-corrected chi connectivity index (χ1v) is 28.5. The molecule has 2 bridgehead atoms. The molecule has 15 atom stereocenters. The van der Waals surface area contributed by atoms with Gasteiger partial charge in [0.25, 0.3) is 11.7 Å². The highest BCUT2D eigenvalue weighted by Gasteiger charge is 2.53. The molecular formula is C53H85NO13Si. The molecule has 0 aromatic carbocycles. The molecule has 0 spiro atoms. The molecule has 0 radical (unpaired) electrons. The molecule has 15 heteroatoms. The van der Waals surface area contributed by atoms with E-state index in [1.54, 1.807) is 41.1 Å². The summed E-state index contributed by atoms with van der Waals surface area (Å²) in [6, 6.07) is -1.12. The summed E-state index contributed by atoms with van der Waals surface area (Å²) in [7, 11) is 2.83. The van der Waals surface area contributed by atoms with Crippen molar-refractivity contribution in [3.8, 4) is 0 Å². The summed E-state index contributed by atoms with van der Waals surface area (Å²) in [4.78, 5) is 71.8. The van der Waals surface area contributed by atoms with Crippen LogP contribution in [-0.2, 0) is 52.1 Å². The van der Waals surface area contributed by atoms with Gasteiger partial charge >= 0.3 is 5.97 Å². The van der Waals surface area contributed by atoms with Crippen LogP contribution in [0.15, 0.2) is 47.6 Å². The Morgan fingerprint density at radius 3 is 2.21 bits per heavy atom. The van der Waals surface area contributed by atoms with Crippen molar-refractivity contribution in [1.82, 2.24) is 4.90 Å². The van der Waals surface area contributed by atoms with E-state index in [-0.39, 0.29) is 60.9 Å². The van der Waals surface area contributed by atoms with Crippen LogP contribution in [0.3, 0.4) is 0 Å². The number of aliphatic hydroxyl groups is 2. The van der Waals surface area contributed by atoms with Crippen LogP contribution in [-0.4, -0.2) is 135 Å². The molecule has 4 aliphatic rings. The van der Waals surface area contributed by atoms with Gasteiger partial charge in [0.15, 0.2) is 14.1 Å². The Morgan fingerprint density at radius 1 is 0.853 bits per heavy atom. The first-order chi connectivity index (χ1) is 31.9. The fraction of sp³-hybridized carbons (Fsp3) is 0.755. The van der Waals surface area contributed by atoms with Crippen molar-refractivity contribution in [3.05, 3.63) is 47.6 Å². The highest BCUT2D eigenvalue weighted by molar-refractivity contribution is 6.69. The number of ketones is 3. The summed E-state index contributed by atoms with van der Waals surface area (Å²) in [5.74, 6) is -7.73. The van der Waals surface area contributed by atoms with E-state index in [2.05, 4.69) is 19.6 Å². The maximum Gasteiger partial charge on any atom is 0.329 e. The Morgan fingerprint density at radius 2 is 1.56 bits per heavy atom. The van der Waals surface area contributed by atoms with Crippen LogP contribution in [0, 0.1) is 35.5 Å². The van der Waals surface area contributed by atoms with Crippen molar-refractivity contribution < 1.29 is 62.3 Å². The molecule has 14 nitrogen and oxygen atoms in total. The molecule has 2 N–H and O–H groups in total. The number of fused-ring (bicyclic) bond motifs is 3. The largest absolute Gasteiger partial charge is 0.460 e. The molecule has 1 saturated carbocycles. The van der Waals surface area contributed by atoms with Gasteiger partial charge in [-0.05, 0) is 120 Å². The van der Waals surface area contributed by atoms with Gasteiger partial charge in [-0.2, -0.15) is 0 Å². The molecule has 68 heavy (non-hydrogen) atoms. The van der Waals surface area contributed by atoms with Crippen LogP contribution < -0.4 is 0 Å². The van der Waals surface area contributed by atoms with Gasteiger partial charge in [-0.25, -0.2) is 4.79 Å².